The van der Waals surface area contributed by atoms with Gasteiger partial charge in [0.1, 0.15) is 5.82 Å². The van der Waals surface area contributed by atoms with Crippen molar-refractivity contribution in [2.45, 2.75) is 44.9 Å². The van der Waals surface area contributed by atoms with Gasteiger partial charge in [-0.1, -0.05) is 49.2 Å². The second-order valence-electron chi connectivity index (χ2n) is 8.88. The van der Waals surface area contributed by atoms with Crippen molar-refractivity contribution in [3.05, 3.63) is 59.9 Å². The molecule has 0 spiro atoms. The van der Waals surface area contributed by atoms with Gasteiger partial charge in [-0.25, -0.2) is 4.39 Å². The number of benzene rings is 2. The Bertz CT molecular complexity index is 938. The lowest BCUT2D eigenvalue weighted by Crippen LogP contribution is -2.54. The molecule has 2 N–H and O–H groups in total. The Hall–Kier alpha value is -2.69. The van der Waals surface area contributed by atoms with E-state index in [1.54, 1.807) is 6.07 Å². The molecule has 2 aromatic carbocycles. The molecule has 0 radical (unpaired) electrons. The molecule has 1 unspecified atom stereocenters. The monoisotopic (exact) mass is 408 g/mol. The minimum absolute atomic E-state index is 0.102. The molecule has 4 rings (SSSR count). The average molecular weight is 409 g/mol. The minimum Gasteiger partial charge on any atom is -0.369 e. The molecule has 2 amide bonds. The highest BCUT2D eigenvalue weighted by molar-refractivity contribution is 5.84. The van der Waals surface area contributed by atoms with Crippen molar-refractivity contribution in [3.63, 3.8) is 0 Å². The van der Waals surface area contributed by atoms with Crippen molar-refractivity contribution >= 4 is 11.8 Å². The van der Waals surface area contributed by atoms with Crippen molar-refractivity contribution in [1.82, 2.24) is 4.90 Å². The summed E-state index contributed by atoms with van der Waals surface area (Å²) in [5.41, 5.74) is 7.83. The van der Waals surface area contributed by atoms with Crippen LogP contribution in [0, 0.1) is 17.2 Å². The summed E-state index contributed by atoms with van der Waals surface area (Å²) >= 11 is 0. The quantitative estimate of drug-likeness (QED) is 0.801. The fraction of sp³-hybridized carbons (Fsp3) is 0.440. The van der Waals surface area contributed by atoms with Crippen LogP contribution in [0.15, 0.2) is 48.5 Å². The lowest BCUT2D eigenvalue weighted by atomic mass is 9.74. The highest BCUT2D eigenvalue weighted by atomic mass is 19.1. The molecular formula is C25H29FN2O2. The van der Waals surface area contributed by atoms with E-state index >= 15 is 0 Å². The van der Waals surface area contributed by atoms with Gasteiger partial charge < -0.3 is 10.6 Å². The Morgan fingerprint density at radius 1 is 1.03 bits per heavy atom. The zero-order valence-electron chi connectivity index (χ0n) is 17.3. The maximum absolute atomic E-state index is 13.6. The van der Waals surface area contributed by atoms with E-state index in [0.29, 0.717) is 25.9 Å². The smallest absolute Gasteiger partial charge is 0.225 e. The van der Waals surface area contributed by atoms with Crippen molar-refractivity contribution in [2.75, 3.05) is 13.1 Å². The molecule has 1 saturated carbocycles. The van der Waals surface area contributed by atoms with Gasteiger partial charge in [-0.05, 0) is 60.9 Å². The molecule has 5 heteroatoms. The van der Waals surface area contributed by atoms with Gasteiger partial charge in [0.15, 0.2) is 0 Å². The van der Waals surface area contributed by atoms with Crippen LogP contribution < -0.4 is 5.73 Å². The summed E-state index contributed by atoms with van der Waals surface area (Å²) in [5, 5.41) is 0. The van der Waals surface area contributed by atoms with Crippen LogP contribution in [0.4, 0.5) is 4.39 Å². The van der Waals surface area contributed by atoms with Crippen molar-refractivity contribution in [2.24, 2.45) is 17.1 Å². The third-order valence-corrected chi connectivity index (χ3v) is 6.74. The molecule has 1 aliphatic carbocycles. The minimum atomic E-state index is -0.757. The standard InChI is InChI=1S/C25H29FN2O2/c26-22-11-4-10-21(15-22)20-9-3-6-18(14-20)16-25(24(27)30)12-5-13-28(17-25)23(29)19-7-1-2-8-19/h3-4,6,9-11,14-15,19H,1-2,5,7-8,12-13,16-17H2,(H2,27,30). The zero-order valence-corrected chi connectivity index (χ0v) is 17.3. The lowest BCUT2D eigenvalue weighted by molar-refractivity contribution is -0.142. The summed E-state index contributed by atoms with van der Waals surface area (Å²) in [4.78, 5) is 27.5. The predicted molar refractivity (Wildman–Crippen MR) is 115 cm³/mol. The number of rotatable bonds is 5. The van der Waals surface area contributed by atoms with Crippen molar-refractivity contribution in [1.29, 1.82) is 0 Å². The Labute approximate surface area is 177 Å². The Morgan fingerprint density at radius 3 is 2.43 bits per heavy atom. The number of hydrogen-bond acceptors (Lipinski definition) is 2. The number of nitrogens with two attached hydrogens (primary N) is 1. The Morgan fingerprint density at radius 2 is 1.73 bits per heavy atom. The van der Waals surface area contributed by atoms with E-state index in [1.165, 1.54) is 12.1 Å². The molecular weight excluding hydrogens is 379 g/mol. The van der Waals surface area contributed by atoms with Gasteiger partial charge in [-0.15, -0.1) is 0 Å². The fourth-order valence-electron chi connectivity index (χ4n) is 5.10. The number of hydrogen-bond donors (Lipinski definition) is 1. The van der Waals surface area contributed by atoms with Crippen molar-refractivity contribution in [3.8, 4) is 11.1 Å². The van der Waals surface area contributed by atoms with Gasteiger partial charge in [0.05, 0.1) is 5.41 Å². The van der Waals surface area contributed by atoms with E-state index in [1.807, 2.05) is 35.2 Å². The largest absolute Gasteiger partial charge is 0.369 e. The van der Waals surface area contributed by atoms with Crippen molar-refractivity contribution < 1.29 is 14.0 Å². The van der Waals surface area contributed by atoms with Gasteiger partial charge in [-0.2, -0.15) is 0 Å². The van der Waals surface area contributed by atoms with Gasteiger partial charge >= 0.3 is 0 Å². The van der Waals surface area contributed by atoms with E-state index in [4.69, 9.17) is 5.73 Å². The van der Waals surface area contributed by atoms with Crippen LogP contribution in [0.1, 0.15) is 44.1 Å². The number of halogens is 1. The number of nitrogens with zero attached hydrogens (tertiary/aromatic N) is 1. The number of likely N-dealkylation sites (tertiary alicyclic amines) is 1. The molecule has 4 nitrogen and oxygen atoms in total. The molecule has 2 aromatic rings. The first-order chi connectivity index (χ1) is 14.5. The summed E-state index contributed by atoms with van der Waals surface area (Å²) < 4.78 is 13.6. The highest BCUT2D eigenvalue weighted by Gasteiger charge is 2.43. The van der Waals surface area contributed by atoms with Crippen LogP contribution in [0.25, 0.3) is 11.1 Å². The number of carbonyl (C=O) groups is 2. The number of amides is 2. The third-order valence-electron chi connectivity index (χ3n) is 6.74. The summed E-state index contributed by atoms with van der Waals surface area (Å²) in [7, 11) is 0. The SMILES string of the molecule is NC(=O)C1(Cc2cccc(-c3cccc(F)c3)c2)CCCN(C(=O)C2CCCC2)C1. The van der Waals surface area contributed by atoms with Crippen LogP contribution in [-0.2, 0) is 16.0 Å². The molecule has 0 aromatic heterocycles. The first-order valence-corrected chi connectivity index (χ1v) is 10.9. The van der Waals surface area contributed by atoms with E-state index < -0.39 is 5.41 Å². The predicted octanol–water partition coefficient (Wildman–Crippen LogP) is 4.32. The molecule has 1 aliphatic heterocycles. The second kappa shape index (κ2) is 8.58. The maximum atomic E-state index is 13.6. The normalized spacial score (nSPS) is 22.2. The average Bonchev–Trinajstić information content (AvgIpc) is 3.28. The zero-order chi connectivity index (χ0) is 21.1. The summed E-state index contributed by atoms with van der Waals surface area (Å²) in [5.74, 6) is -0.334. The molecule has 1 saturated heterocycles. The van der Waals surface area contributed by atoms with E-state index in [2.05, 4.69) is 0 Å². The molecule has 158 valence electrons. The molecule has 2 aliphatic rings. The summed E-state index contributed by atoms with van der Waals surface area (Å²) in [6, 6.07) is 14.3. The molecule has 30 heavy (non-hydrogen) atoms. The lowest BCUT2D eigenvalue weighted by Gasteiger charge is -2.41. The first kappa shape index (κ1) is 20.6. The number of carbonyl (C=O) groups excluding carboxylic acids is 2. The second-order valence-corrected chi connectivity index (χ2v) is 8.88. The summed E-state index contributed by atoms with van der Waals surface area (Å²) in [6.45, 7) is 1.09. The van der Waals surface area contributed by atoms with Crippen LogP contribution in [0.3, 0.4) is 0 Å². The summed E-state index contributed by atoms with van der Waals surface area (Å²) in [6.07, 6.45) is 6.07. The molecule has 1 heterocycles. The van der Waals surface area contributed by atoms with Gasteiger partial charge in [-0.3, -0.25) is 9.59 Å². The molecule has 0 bridgehead atoms. The van der Waals surface area contributed by atoms with E-state index in [0.717, 1.165) is 48.8 Å². The Kier molecular flexibility index (Phi) is 5.89. The van der Waals surface area contributed by atoms with Crippen LogP contribution in [-0.4, -0.2) is 29.8 Å². The van der Waals surface area contributed by atoms with Crippen LogP contribution in [0.2, 0.25) is 0 Å². The number of piperidine rings is 1. The number of primary amides is 1. The first-order valence-electron chi connectivity index (χ1n) is 10.9. The maximum Gasteiger partial charge on any atom is 0.225 e. The fourth-order valence-corrected chi connectivity index (χ4v) is 5.10. The molecule has 2 fully saturated rings. The molecule has 1 atom stereocenters. The highest BCUT2D eigenvalue weighted by Crippen LogP contribution is 2.36. The topological polar surface area (TPSA) is 63.4 Å². The third kappa shape index (κ3) is 4.25. The Balaban J connectivity index is 1.56. The van der Waals surface area contributed by atoms with E-state index in [-0.39, 0.29) is 23.5 Å². The van der Waals surface area contributed by atoms with Gasteiger partial charge in [0, 0.05) is 19.0 Å². The van der Waals surface area contributed by atoms with Gasteiger partial charge in [0.25, 0.3) is 0 Å². The van der Waals surface area contributed by atoms with Gasteiger partial charge in [0.2, 0.25) is 11.8 Å². The van der Waals surface area contributed by atoms with E-state index in [9.17, 15) is 14.0 Å². The van der Waals surface area contributed by atoms with Crippen LogP contribution >= 0.6 is 0 Å². The van der Waals surface area contributed by atoms with Crippen LogP contribution in [0.5, 0.6) is 0 Å².